The van der Waals surface area contributed by atoms with Crippen molar-refractivity contribution in [3.05, 3.63) is 42.4 Å². The maximum absolute atomic E-state index is 5.93. The molecule has 1 aliphatic heterocycles. The van der Waals surface area contributed by atoms with Gasteiger partial charge in [-0.15, -0.1) is 10.2 Å². The molecule has 1 aromatic carbocycles. The average molecular weight is 382 g/mol. The molecule has 1 saturated carbocycles. The molecule has 0 radical (unpaired) electrons. The predicted octanol–water partition coefficient (Wildman–Crippen LogP) is 4.55. The van der Waals surface area contributed by atoms with Crippen LogP contribution < -0.4 is 4.90 Å². The molecule has 140 valence electrons. The van der Waals surface area contributed by atoms with Crippen molar-refractivity contribution in [2.45, 2.75) is 49.1 Å². The molecule has 2 aliphatic rings. The molecule has 6 nitrogen and oxygen atoms in total. The lowest BCUT2D eigenvalue weighted by Crippen LogP contribution is -2.31. The van der Waals surface area contributed by atoms with Crippen molar-refractivity contribution in [3.8, 4) is 11.3 Å². The predicted molar refractivity (Wildman–Crippen MR) is 106 cm³/mol. The first-order valence-corrected chi connectivity index (χ1v) is 10.7. The Morgan fingerprint density at radius 1 is 1.04 bits per heavy atom. The van der Waals surface area contributed by atoms with Crippen molar-refractivity contribution >= 4 is 17.7 Å². The third kappa shape index (κ3) is 3.60. The number of hydrogen-bond donors (Lipinski definition) is 0. The summed E-state index contributed by atoms with van der Waals surface area (Å²) in [5.74, 6) is 3.25. The van der Waals surface area contributed by atoms with E-state index in [0.717, 1.165) is 41.4 Å². The zero-order valence-corrected chi connectivity index (χ0v) is 16.1. The molecule has 0 spiro atoms. The Morgan fingerprint density at radius 2 is 1.85 bits per heavy atom. The van der Waals surface area contributed by atoms with Gasteiger partial charge in [0.25, 0.3) is 0 Å². The van der Waals surface area contributed by atoms with Gasteiger partial charge in [-0.25, -0.2) is 4.98 Å². The van der Waals surface area contributed by atoms with Crippen molar-refractivity contribution in [3.63, 3.8) is 0 Å². The van der Waals surface area contributed by atoms with Crippen LogP contribution in [0.1, 0.15) is 44.0 Å². The summed E-state index contributed by atoms with van der Waals surface area (Å²) < 4.78 is 8.28. The lowest BCUT2D eigenvalue weighted by atomic mass is 10.1. The lowest BCUT2D eigenvalue weighted by molar-refractivity contribution is 0.529. The zero-order chi connectivity index (χ0) is 18.1. The van der Waals surface area contributed by atoms with Crippen LogP contribution in [0.25, 0.3) is 11.3 Å². The van der Waals surface area contributed by atoms with Crippen LogP contribution in [-0.2, 0) is 5.75 Å². The molecule has 1 aliphatic carbocycles. The molecule has 27 heavy (non-hydrogen) atoms. The summed E-state index contributed by atoms with van der Waals surface area (Å²) >= 11 is 1.67. The number of oxazole rings is 1. The van der Waals surface area contributed by atoms with Crippen LogP contribution in [-0.4, -0.2) is 32.8 Å². The van der Waals surface area contributed by atoms with E-state index in [1.807, 2.05) is 30.3 Å². The zero-order valence-electron chi connectivity index (χ0n) is 15.3. The first-order valence-electron chi connectivity index (χ1n) is 9.71. The van der Waals surface area contributed by atoms with E-state index in [4.69, 9.17) is 4.42 Å². The SMILES string of the molecule is c1ccc(-c2cnc(CSc3nnc(N4CCCCC4)n3C3CC3)o2)cc1. The van der Waals surface area contributed by atoms with Crippen LogP contribution in [0.5, 0.6) is 0 Å². The van der Waals surface area contributed by atoms with Crippen LogP contribution in [0.4, 0.5) is 5.95 Å². The summed E-state index contributed by atoms with van der Waals surface area (Å²) in [6.45, 7) is 2.19. The fraction of sp³-hybridized carbons (Fsp3) is 0.450. The molecular weight excluding hydrogens is 358 g/mol. The van der Waals surface area contributed by atoms with Crippen molar-refractivity contribution in [2.75, 3.05) is 18.0 Å². The van der Waals surface area contributed by atoms with Crippen molar-refractivity contribution in [2.24, 2.45) is 0 Å². The first kappa shape index (κ1) is 16.9. The Kier molecular flexibility index (Phi) is 4.61. The Bertz CT molecular complexity index is 896. The van der Waals surface area contributed by atoms with Gasteiger partial charge in [0, 0.05) is 24.7 Å². The van der Waals surface area contributed by atoms with Crippen LogP contribution in [0.15, 0.2) is 46.1 Å². The largest absolute Gasteiger partial charge is 0.440 e. The smallest absolute Gasteiger partial charge is 0.228 e. The summed E-state index contributed by atoms with van der Waals surface area (Å²) in [6.07, 6.45) is 8.07. The van der Waals surface area contributed by atoms with Gasteiger partial charge < -0.3 is 9.32 Å². The number of anilines is 1. The topological polar surface area (TPSA) is 60.0 Å². The van der Waals surface area contributed by atoms with Gasteiger partial charge >= 0.3 is 0 Å². The second-order valence-corrected chi connectivity index (χ2v) is 8.15. The van der Waals surface area contributed by atoms with Gasteiger partial charge in [0.05, 0.1) is 11.9 Å². The molecule has 0 atom stereocenters. The molecule has 5 rings (SSSR count). The highest BCUT2D eigenvalue weighted by Gasteiger charge is 2.32. The van der Waals surface area contributed by atoms with E-state index in [1.54, 1.807) is 18.0 Å². The molecule has 7 heteroatoms. The van der Waals surface area contributed by atoms with Gasteiger partial charge in [-0.2, -0.15) is 0 Å². The van der Waals surface area contributed by atoms with E-state index in [9.17, 15) is 0 Å². The highest BCUT2D eigenvalue weighted by molar-refractivity contribution is 7.98. The summed E-state index contributed by atoms with van der Waals surface area (Å²) in [6, 6.07) is 10.6. The van der Waals surface area contributed by atoms with Crippen LogP contribution in [0, 0.1) is 0 Å². The van der Waals surface area contributed by atoms with E-state index >= 15 is 0 Å². The van der Waals surface area contributed by atoms with Gasteiger partial charge in [0.2, 0.25) is 11.8 Å². The molecule has 1 saturated heterocycles. The highest BCUT2D eigenvalue weighted by Crippen LogP contribution is 2.41. The second kappa shape index (κ2) is 7.38. The van der Waals surface area contributed by atoms with E-state index in [-0.39, 0.29) is 0 Å². The van der Waals surface area contributed by atoms with Gasteiger partial charge in [-0.05, 0) is 32.1 Å². The van der Waals surface area contributed by atoms with Gasteiger partial charge in [-0.3, -0.25) is 4.57 Å². The first-order chi connectivity index (χ1) is 13.4. The van der Waals surface area contributed by atoms with Crippen molar-refractivity contribution in [1.29, 1.82) is 0 Å². The summed E-state index contributed by atoms with van der Waals surface area (Å²) in [5, 5.41) is 10.0. The molecule has 3 aromatic rings. The van der Waals surface area contributed by atoms with Gasteiger partial charge in [-0.1, -0.05) is 42.1 Å². The van der Waals surface area contributed by atoms with Crippen LogP contribution in [0.2, 0.25) is 0 Å². The van der Waals surface area contributed by atoms with Crippen molar-refractivity contribution in [1.82, 2.24) is 19.7 Å². The molecule has 0 N–H and O–H groups in total. The normalized spacial score (nSPS) is 17.4. The number of aromatic nitrogens is 4. The number of hydrogen-bond acceptors (Lipinski definition) is 6. The Balaban J connectivity index is 1.31. The summed E-state index contributed by atoms with van der Waals surface area (Å²) in [5.41, 5.74) is 1.05. The lowest BCUT2D eigenvalue weighted by Gasteiger charge is -2.27. The molecule has 2 aromatic heterocycles. The molecule has 2 fully saturated rings. The minimum Gasteiger partial charge on any atom is -0.440 e. The quantitative estimate of drug-likeness (QED) is 0.584. The maximum atomic E-state index is 5.93. The number of rotatable bonds is 6. The average Bonchev–Trinajstić information content (AvgIpc) is 3.30. The van der Waals surface area contributed by atoms with E-state index in [2.05, 4.69) is 24.6 Å². The Morgan fingerprint density at radius 3 is 2.63 bits per heavy atom. The van der Waals surface area contributed by atoms with E-state index in [0.29, 0.717) is 11.8 Å². The Hall–Kier alpha value is -2.28. The fourth-order valence-corrected chi connectivity index (χ4v) is 4.42. The van der Waals surface area contributed by atoms with Gasteiger partial charge in [0.15, 0.2) is 10.9 Å². The van der Waals surface area contributed by atoms with Crippen LogP contribution >= 0.6 is 11.8 Å². The molecule has 0 amide bonds. The number of nitrogens with zero attached hydrogens (tertiary/aromatic N) is 5. The molecule has 3 heterocycles. The minimum atomic E-state index is 0.559. The summed E-state index contributed by atoms with van der Waals surface area (Å²) in [7, 11) is 0. The van der Waals surface area contributed by atoms with Crippen LogP contribution in [0.3, 0.4) is 0 Å². The van der Waals surface area contributed by atoms with Crippen molar-refractivity contribution < 1.29 is 4.42 Å². The van der Waals surface area contributed by atoms with E-state index < -0.39 is 0 Å². The monoisotopic (exact) mass is 381 g/mol. The second-order valence-electron chi connectivity index (χ2n) is 7.20. The number of piperidine rings is 1. The Labute approximate surface area is 163 Å². The van der Waals surface area contributed by atoms with Gasteiger partial charge in [0.1, 0.15) is 0 Å². The maximum Gasteiger partial charge on any atom is 0.228 e. The summed E-state index contributed by atoms with van der Waals surface area (Å²) in [4.78, 5) is 6.84. The fourth-order valence-electron chi connectivity index (χ4n) is 3.57. The van der Waals surface area contributed by atoms with E-state index in [1.165, 1.54) is 32.1 Å². The third-order valence-corrected chi connectivity index (χ3v) is 6.06. The molecular formula is C20H23N5OS. The number of benzene rings is 1. The number of thioether (sulfide) groups is 1. The highest BCUT2D eigenvalue weighted by atomic mass is 32.2. The minimum absolute atomic E-state index is 0.559. The molecule has 0 bridgehead atoms. The third-order valence-electron chi connectivity index (χ3n) is 5.13. The standard InChI is InChI=1S/C20H23N5OS/c1-3-7-15(8-4-1)17-13-21-18(26-17)14-27-20-23-22-19(25(20)16-9-10-16)24-11-5-2-6-12-24/h1,3-4,7-8,13,16H,2,5-6,9-12,14H2. The molecule has 0 unspecified atom stereocenters.